The van der Waals surface area contributed by atoms with Gasteiger partial charge in [-0.1, -0.05) is 55.6 Å². The number of carbonyl (C=O) groups is 4. The number of benzene rings is 3. The molecule has 42 heavy (non-hydrogen) atoms. The van der Waals surface area contributed by atoms with Gasteiger partial charge in [-0.2, -0.15) is 0 Å². The molecule has 3 aromatic carbocycles. The maximum absolute atomic E-state index is 12.6. The third kappa shape index (κ3) is 10.1. The first-order chi connectivity index (χ1) is 20.3. The number of hydrogen-bond donors (Lipinski definition) is 0. The monoisotopic (exact) mass is 568 g/mol. The molecule has 8 heteroatoms. The summed E-state index contributed by atoms with van der Waals surface area (Å²) in [6, 6.07) is 21.7. The van der Waals surface area contributed by atoms with Crippen LogP contribution in [0.25, 0.3) is 17.2 Å². The van der Waals surface area contributed by atoms with E-state index < -0.39 is 17.9 Å². The lowest BCUT2D eigenvalue weighted by Crippen LogP contribution is -2.14. The Bertz CT molecular complexity index is 1430. The standard InChI is InChI=1S/C34H32O8/c1-4-32(36)41-22-6-5-21-40-29-16-12-27(13-17-29)26-10-7-25(8-11-26)9-20-31(35)28-14-18-30(19-15-28)42-34(38)24(2)23-33(37)39-3/h4,7-20H,1-2,5-6,21-23H2,3H3/b20-9+. The van der Waals surface area contributed by atoms with E-state index in [-0.39, 0.29) is 23.5 Å². The second-order valence-electron chi connectivity index (χ2n) is 9.04. The molecule has 0 aliphatic carbocycles. The molecule has 0 atom stereocenters. The highest BCUT2D eigenvalue weighted by Gasteiger charge is 2.14. The largest absolute Gasteiger partial charge is 0.494 e. The molecule has 0 heterocycles. The van der Waals surface area contributed by atoms with Gasteiger partial charge in [0.15, 0.2) is 5.78 Å². The minimum absolute atomic E-state index is 0.0315. The van der Waals surface area contributed by atoms with Gasteiger partial charge in [0.25, 0.3) is 0 Å². The van der Waals surface area contributed by atoms with Gasteiger partial charge in [-0.25, -0.2) is 9.59 Å². The second-order valence-corrected chi connectivity index (χ2v) is 9.04. The van der Waals surface area contributed by atoms with Gasteiger partial charge in [-0.05, 0) is 72.0 Å². The molecular weight excluding hydrogens is 536 g/mol. The van der Waals surface area contributed by atoms with E-state index in [9.17, 15) is 19.2 Å². The minimum atomic E-state index is -0.746. The molecule has 216 valence electrons. The number of ketones is 1. The highest BCUT2D eigenvalue weighted by molar-refractivity contribution is 6.07. The topological polar surface area (TPSA) is 105 Å². The van der Waals surface area contributed by atoms with E-state index in [0.29, 0.717) is 25.2 Å². The number of unbranched alkanes of at least 4 members (excludes halogenated alkanes) is 1. The summed E-state index contributed by atoms with van der Waals surface area (Å²) in [5.74, 6) is -0.975. The number of allylic oxidation sites excluding steroid dienone is 1. The smallest absolute Gasteiger partial charge is 0.339 e. The van der Waals surface area contributed by atoms with Crippen LogP contribution in [0, 0.1) is 0 Å². The summed E-state index contributed by atoms with van der Waals surface area (Å²) < 4.78 is 20.4. The van der Waals surface area contributed by atoms with Crippen molar-refractivity contribution >= 4 is 29.8 Å². The van der Waals surface area contributed by atoms with Gasteiger partial charge in [0.05, 0.1) is 26.7 Å². The fourth-order valence-corrected chi connectivity index (χ4v) is 3.61. The molecule has 3 rings (SSSR count). The molecule has 0 spiro atoms. The number of esters is 3. The van der Waals surface area contributed by atoms with E-state index in [1.165, 1.54) is 25.3 Å². The molecule has 0 fully saturated rings. The Labute approximate surface area is 244 Å². The van der Waals surface area contributed by atoms with Crippen LogP contribution >= 0.6 is 0 Å². The lowest BCUT2D eigenvalue weighted by Gasteiger charge is -2.08. The molecule has 0 aliphatic heterocycles. The zero-order chi connectivity index (χ0) is 30.3. The van der Waals surface area contributed by atoms with Crippen molar-refractivity contribution in [2.75, 3.05) is 20.3 Å². The molecule has 0 unspecified atom stereocenters. The lowest BCUT2D eigenvalue weighted by molar-refractivity contribution is -0.141. The predicted molar refractivity (Wildman–Crippen MR) is 159 cm³/mol. The maximum atomic E-state index is 12.6. The second kappa shape index (κ2) is 16.1. The Morgan fingerprint density at radius 3 is 2.00 bits per heavy atom. The normalized spacial score (nSPS) is 10.5. The van der Waals surface area contributed by atoms with E-state index in [2.05, 4.69) is 17.9 Å². The highest BCUT2D eigenvalue weighted by atomic mass is 16.5. The van der Waals surface area contributed by atoms with Crippen molar-refractivity contribution in [1.82, 2.24) is 0 Å². The number of ether oxygens (including phenoxy) is 4. The molecule has 0 aromatic heterocycles. The van der Waals surface area contributed by atoms with E-state index in [0.717, 1.165) is 34.9 Å². The van der Waals surface area contributed by atoms with Crippen LogP contribution in [0.1, 0.15) is 35.2 Å². The van der Waals surface area contributed by atoms with E-state index >= 15 is 0 Å². The minimum Gasteiger partial charge on any atom is -0.494 e. The number of rotatable bonds is 15. The third-order valence-electron chi connectivity index (χ3n) is 5.97. The zero-order valence-electron chi connectivity index (χ0n) is 23.4. The summed E-state index contributed by atoms with van der Waals surface area (Å²) in [6.07, 6.45) is 5.56. The number of carbonyl (C=O) groups excluding carboxylic acids is 4. The summed E-state index contributed by atoms with van der Waals surface area (Å²) in [5, 5.41) is 0. The van der Waals surface area contributed by atoms with Crippen LogP contribution in [0.2, 0.25) is 0 Å². The molecule has 0 radical (unpaired) electrons. The average Bonchev–Trinajstić information content (AvgIpc) is 3.02. The van der Waals surface area contributed by atoms with Crippen molar-refractivity contribution in [3.8, 4) is 22.6 Å². The van der Waals surface area contributed by atoms with Crippen LogP contribution in [-0.4, -0.2) is 44.0 Å². The van der Waals surface area contributed by atoms with Crippen LogP contribution in [0.15, 0.2) is 104 Å². The average molecular weight is 569 g/mol. The first kappa shape index (κ1) is 31.3. The van der Waals surface area contributed by atoms with Crippen molar-refractivity contribution in [2.45, 2.75) is 19.3 Å². The first-order valence-corrected chi connectivity index (χ1v) is 13.2. The van der Waals surface area contributed by atoms with Gasteiger partial charge < -0.3 is 18.9 Å². The fraction of sp³-hybridized carbons (Fsp3) is 0.176. The molecule has 0 bridgehead atoms. The van der Waals surface area contributed by atoms with Crippen molar-refractivity contribution in [3.63, 3.8) is 0 Å². The molecule has 0 N–H and O–H groups in total. The Morgan fingerprint density at radius 2 is 1.38 bits per heavy atom. The summed E-state index contributed by atoms with van der Waals surface area (Å²) in [5.41, 5.74) is 3.30. The van der Waals surface area contributed by atoms with Gasteiger partial charge in [0.1, 0.15) is 11.5 Å². The quantitative estimate of drug-likeness (QED) is 0.0706. The molecule has 3 aromatic rings. The molecular formula is C34H32O8. The SMILES string of the molecule is C=CC(=O)OCCCCOc1ccc(-c2ccc(/C=C/C(=O)c3ccc(OC(=O)C(=C)CC(=O)OC)cc3)cc2)cc1. The van der Waals surface area contributed by atoms with Crippen molar-refractivity contribution in [2.24, 2.45) is 0 Å². The van der Waals surface area contributed by atoms with E-state index in [4.69, 9.17) is 14.2 Å². The molecule has 0 amide bonds. The molecule has 0 saturated heterocycles. The van der Waals surface area contributed by atoms with Gasteiger partial charge in [0.2, 0.25) is 0 Å². The summed E-state index contributed by atoms with van der Waals surface area (Å²) in [6.45, 7) is 7.76. The van der Waals surface area contributed by atoms with Crippen molar-refractivity contribution in [3.05, 3.63) is 115 Å². The van der Waals surface area contributed by atoms with E-state index in [1.54, 1.807) is 18.2 Å². The third-order valence-corrected chi connectivity index (χ3v) is 5.97. The molecule has 8 nitrogen and oxygen atoms in total. The van der Waals surface area contributed by atoms with Gasteiger partial charge in [-0.15, -0.1) is 0 Å². The summed E-state index contributed by atoms with van der Waals surface area (Å²) in [7, 11) is 1.22. The predicted octanol–water partition coefficient (Wildman–Crippen LogP) is 6.16. The summed E-state index contributed by atoms with van der Waals surface area (Å²) in [4.78, 5) is 46.9. The lowest BCUT2D eigenvalue weighted by atomic mass is 10.0. The first-order valence-electron chi connectivity index (χ1n) is 13.2. The Balaban J connectivity index is 1.47. The Hall–Kier alpha value is -5.24. The Kier molecular flexibility index (Phi) is 12.0. The van der Waals surface area contributed by atoms with Crippen molar-refractivity contribution in [1.29, 1.82) is 0 Å². The van der Waals surface area contributed by atoms with Gasteiger partial charge >= 0.3 is 17.9 Å². The summed E-state index contributed by atoms with van der Waals surface area (Å²) >= 11 is 0. The van der Waals surface area contributed by atoms with Gasteiger partial charge in [-0.3, -0.25) is 9.59 Å². The maximum Gasteiger partial charge on any atom is 0.339 e. The van der Waals surface area contributed by atoms with Crippen LogP contribution in [0.3, 0.4) is 0 Å². The van der Waals surface area contributed by atoms with E-state index in [1.807, 2.05) is 48.5 Å². The van der Waals surface area contributed by atoms with Crippen LogP contribution < -0.4 is 9.47 Å². The van der Waals surface area contributed by atoms with Crippen LogP contribution in [0.4, 0.5) is 0 Å². The highest BCUT2D eigenvalue weighted by Crippen LogP contribution is 2.23. The number of methoxy groups -OCH3 is 1. The molecule has 0 aliphatic rings. The van der Waals surface area contributed by atoms with Crippen molar-refractivity contribution < 1.29 is 38.1 Å². The zero-order valence-corrected chi connectivity index (χ0v) is 23.4. The van der Waals surface area contributed by atoms with Crippen LogP contribution in [0.5, 0.6) is 11.5 Å². The number of hydrogen-bond acceptors (Lipinski definition) is 8. The van der Waals surface area contributed by atoms with Crippen LogP contribution in [-0.2, 0) is 23.9 Å². The Morgan fingerprint density at radius 1 is 0.786 bits per heavy atom. The molecule has 0 saturated carbocycles. The van der Waals surface area contributed by atoms with Gasteiger partial charge in [0, 0.05) is 17.2 Å². The fourth-order valence-electron chi connectivity index (χ4n) is 3.61.